The van der Waals surface area contributed by atoms with Gasteiger partial charge in [-0.15, -0.1) is 0 Å². The van der Waals surface area contributed by atoms with Crippen LogP contribution in [-0.2, 0) is 0 Å². The summed E-state index contributed by atoms with van der Waals surface area (Å²) < 4.78 is 7.74. The first kappa shape index (κ1) is 12.3. The molecule has 0 saturated carbocycles. The minimum atomic E-state index is 0.770. The lowest BCUT2D eigenvalue weighted by Crippen LogP contribution is -2.75. The fourth-order valence-corrected chi connectivity index (χ4v) is 3.80. The number of hydrogen-bond donors (Lipinski definition) is 0. The third kappa shape index (κ3) is 1.73. The molecule has 1 aromatic rings. The second kappa shape index (κ2) is 4.41. The predicted molar refractivity (Wildman–Crippen MR) is 75.0 cm³/mol. The van der Waals surface area contributed by atoms with Gasteiger partial charge in [0.2, 0.25) is 0 Å². The number of halogens is 1. The van der Waals surface area contributed by atoms with E-state index in [0.29, 0.717) is 0 Å². The van der Waals surface area contributed by atoms with Gasteiger partial charge in [-0.25, -0.2) is 0 Å². The lowest BCUT2D eigenvalue weighted by Gasteiger charge is -2.54. The second-order valence-corrected chi connectivity index (χ2v) is 5.86. The molecule has 3 aliphatic heterocycles. The van der Waals surface area contributed by atoms with Crippen molar-refractivity contribution in [2.75, 3.05) is 52.4 Å². The lowest BCUT2D eigenvalue weighted by molar-refractivity contribution is -0.930. The van der Waals surface area contributed by atoms with Crippen LogP contribution in [0.1, 0.15) is 0 Å². The van der Waals surface area contributed by atoms with Crippen LogP contribution in [0.2, 0.25) is 0 Å². The van der Waals surface area contributed by atoms with Crippen molar-refractivity contribution in [3.05, 3.63) is 24.3 Å². The number of ether oxygens (including phenoxy) is 1. The molecule has 0 aliphatic carbocycles. The van der Waals surface area contributed by atoms with E-state index < -0.39 is 0 Å². The topological polar surface area (TPSA) is 9.23 Å². The van der Waals surface area contributed by atoms with Crippen molar-refractivity contribution < 1.29 is 9.22 Å². The smallest absolute Gasteiger partial charge is 0.179 e. The Kier molecular flexibility index (Phi) is 3.00. The third-order valence-corrected chi connectivity index (χ3v) is 5.36. The van der Waals surface area contributed by atoms with E-state index in [9.17, 15) is 0 Å². The van der Waals surface area contributed by atoms with Gasteiger partial charge < -0.3 is 4.74 Å². The van der Waals surface area contributed by atoms with E-state index in [2.05, 4.69) is 18.2 Å². The number of fused-ring (bicyclic) bond motifs is 3. The molecule has 3 saturated heterocycles. The van der Waals surface area contributed by atoms with Gasteiger partial charge in [0.05, 0.1) is 7.11 Å². The first-order chi connectivity index (χ1) is 8.74. The third-order valence-electron chi connectivity index (χ3n) is 4.86. The second-order valence-electron chi connectivity index (χ2n) is 5.62. The van der Waals surface area contributed by atoms with Gasteiger partial charge in [0.1, 0.15) is 39.3 Å². The molecule has 0 amide bonds. The highest BCUT2D eigenvalue weighted by Crippen LogP contribution is 2.38. The Bertz CT molecular complexity index is 425. The van der Waals surface area contributed by atoms with Gasteiger partial charge in [-0.3, -0.25) is 8.97 Å². The van der Waals surface area contributed by atoms with E-state index in [1.807, 2.05) is 6.07 Å². The molecule has 98 valence electrons. The number of piperazine rings is 3. The Morgan fingerprint density at radius 3 is 2.22 bits per heavy atom. The first-order valence-electron chi connectivity index (χ1n) is 6.64. The standard InChI is InChI=1S/C14H21ClN2O/c1-18-14-5-3-2-4-13(14)17-9-6-16(12-15,7-10-17)8-11-17/h2-5H,6-12H2,1H3/q+2. The Labute approximate surface area is 114 Å². The summed E-state index contributed by atoms with van der Waals surface area (Å²) in [5.74, 6) is 1.03. The number of benzene rings is 1. The van der Waals surface area contributed by atoms with E-state index in [1.165, 1.54) is 45.0 Å². The summed E-state index contributed by atoms with van der Waals surface area (Å²) in [5.41, 5.74) is 1.35. The molecule has 3 fully saturated rings. The highest BCUT2D eigenvalue weighted by atomic mass is 35.5. The van der Waals surface area contributed by atoms with Crippen LogP contribution in [-0.4, -0.2) is 56.9 Å². The van der Waals surface area contributed by atoms with Crippen LogP contribution in [0.3, 0.4) is 0 Å². The maximum atomic E-state index is 6.15. The number of alkyl halides is 1. The SMILES string of the molecule is COc1ccccc1[N+]12CC[N+](CCl)(CC1)CC2. The number of methoxy groups -OCH3 is 1. The number of quaternary nitrogens is 2. The van der Waals surface area contributed by atoms with Crippen molar-refractivity contribution >= 4 is 17.3 Å². The van der Waals surface area contributed by atoms with Crippen molar-refractivity contribution in [2.24, 2.45) is 0 Å². The molecule has 3 nitrogen and oxygen atoms in total. The molecular weight excluding hydrogens is 248 g/mol. The highest BCUT2D eigenvalue weighted by Gasteiger charge is 2.50. The molecule has 2 bridgehead atoms. The number of para-hydroxylation sites is 2. The van der Waals surface area contributed by atoms with Gasteiger partial charge in [-0.1, -0.05) is 23.7 Å². The van der Waals surface area contributed by atoms with E-state index in [1.54, 1.807) is 7.11 Å². The molecule has 3 aliphatic rings. The van der Waals surface area contributed by atoms with E-state index in [-0.39, 0.29) is 0 Å². The lowest BCUT2D eigenvalue weighted by atomic mass is 10.1. The maximum Gasteiger partial charge on any atom is 0.179 e. The monoisotopic (exact) mass is 268 g/mol. The zero-order chi connectivity index (χ0) is 12.6. The van der Waals surface area contributed by atoms with E-state index in [0.717, 1.165) is 20.7 Å². The van der Waals surface area contributed by atoms with Crippen molar-refractivity contribution in [3.63, 3.8) is 0 Å². The molecule has 3 heterocycles. The largest absolute Gasteiger partial charge is 0.491 e. The molecule has 1 aromatic carbocycles. The summed E-state index contributed by atoms with van der Waals surface area (Å²) in [5, 5.41) is 0. The zero-order valence-corrected chi connectivity index (χ0v) is 11.7. The van der Waals surface area contributed by atoms with Crippen LogP contribution in [0.15, 0.2) is 24.3 Å². The fourth-order valence-electron chi connectivity index (χ4n) is 3.44. The van der Waals surface area contributed by atoms with E-state index >= 15 is 0 Å². The quantitative estimate of drug-likeness (QED) is 0.463. The fraction of sp³-hybridized carbons (Fsp3) is 0.571. The maximum absolute atomic E-state index is 6.15. The van der Waals surface area contributed by atoms with Crippen LogP contribution in [0.25, 0.3) is 0 Å². The summed E-state index contributed by atoms with van der Waals surface area (Å²) >= 11 is 6.15. The molecule has 0 atom stereocenters. The first-order valence-corrected chi connectivity index (χ1v) is 7.18. The van der Waals surface area contributed by atoms with Crippen LogP contribution in [0.5, 0.6) is 5.75 Å². The Hall–Kier alpha value is -0.770. The molecule has 0 N–H and O–H groups in total. The van der Waals surface area contributed by atoms with Crippen molar-refractivity contribution in [3.8, 4) is 5.75 Å². The van der Waals surface area contributed by atoms with E-state index in [4.69, 9.17) is 16.3 Å². The summed E-state index contributed by atoms with van der Waals surface area (Å²) in [4.78, 5) is 0. The van der Waals surface area contributed by atoms with Crippen molar-refractivity contribution in [2.45, 2.75) is 0 Å². The van der Waals surface area contributed by atoms with Crippen LogP contribution in [0, 0.1) is 0 Å². The Morgan fingerprint density at radius 1 is 1.06 bits per heavy atom. The number of nitrogens with zero attached hydrogens (tertiary/aromatic N) is 2. The molecule has 0 spiro atoms. The summed E-state index contributed by atoms with van der Waals surface area (Å²) in [6.45, 7) is 7.15. The van der Waals surface area contributed by atoms with Crippen molar-refractivity contribution in [1.82, 2.24) is 4.48 Å². The molecule has 4 heteroatoms. The average molecular weight is 269 g/mol. The van der Waals surface area contributed by atoms with Crippen molar-refractivity contribution in [1.29, 1.82) is 0 Å². The van der Waals surface area contributed by atoms with Crippen LogP contribution in [0.4, 0.5) is 5.69 Å². The van der Waals surface area contributed by atoms with Gasteiger partial charge in [0, 0.05) is 6.07 Å². The Morgan fingerprint density at radius 2 is 1.67 bits per heavy atom. The molecule has 4 rings (SSSR count). The minimum Gasteiger partial charge on any atom is -0.491 e. The van der Waals surface area contributed by atoms with Crippen LogP contribution < -0.4 is 9.22 Å². The number of hydrogen-bond acceptors (Lipinski definition) is 1. The molecule has 0 aromatic heterocycles. The summed E-state index contributed by atoms with van der Waals surface area (Å²) in [6, 6.07) is 9.25. The van der Waals surface area contributed by atoms with Gasteiger partial charge in [0.15, 0.2) is 17.4 Å². The number of rotatable bonds is 3. The zero-order valence-electron chi connectivity index (χ0n) is 10.9. The molecule has 18 heavy (non-hydrogen) atoms. The molecule has 0 radical (unpaired) electrons. The minimum absolute atomic E-state index is 0.770. The van der Waals surface area contributed by atoms with Gasteiger partial charge in [-0.2, -0.15) is 0 Å². The summed E-state index contributed by atoms with van der Waals surface area (Å²) in [6.07, 6.45) is 0. The van der Waals surface area contributed by atoms with Gasteiger partial charge >= 0.3 is 0 Å². The Balaban J connectivity index is 1.94. The van der Waals surface area contributed by atoms with Gasteiger partial charge in [0.25, 0.3) is 0 Å². The average Bonchev–Trinajstić information content (AvgIpc) is 2.49. The molecule has 0 unspecified atom stereocenters. The van der Waals surface area contributed by atoms with Gasteiger partial charge in [-0.05, 0) is 6.07 Å². The summed E-state index contributed by atoms with van der Waals surface area (Å²) in [7, 11) is 1.77. The normalized spacial score (nSPS) is 34.6. The van der Waals surface area contributed by atoms with Crippen LogP contribution >= 0.6 is 11.6 Å². The molecular formula is C14H21ClN2O+2. The predicted octanol–water partition coefficient (Wildman–Crippen LogP) is 2.04. The highest BCUT2D eigenvalue weighted by molar-refractivity contribution is 6.17.